The number of fused-ring (bicyclic) bond motifs is 5. The summed E-state index contributed by atoms with van der Waals surface area (Å²) in [7, 11) is 0. The molecule has 4 rings (SSSR count). The number of amides is 2. The van der Waals surface area contributed by atoms with Crippen LogP contribution in [-0.4, -0.2) is 16.9 Å². The predicted octanol–water partition coefficient (Wildman–Crippen LogP) is 2.75. The molecule has 2 amide bonds. The fourth-order valence-corrected chi connectivity index (χ4v) is 4.38. The monoisotopic (exact) mass is 303 g/mol. The lowest BCUT2D eigenvalue weighted by molar-refractivity contribution is -0.127. The molecule has 1 aliphatic heterocycles. The van der Waals surface area contributed by atoms with Gasteiger partial charge in [0.05, 0.1) is 17.0 Å². The molecular weight excluding hydrogens is 290 g/mol. The Hall–Kier alpha value is -1.81. The molecular formula is C16H14ClNO3. The summed E-state index contributed by atoms with van der Waals surface area (Å²) in [5.74, 6) is -0.648. The third-order valence-corrected chi connectivity index (χ3v) is 5.52. The minimum absolute atomic E-state index is 0.107. The Morgan fingerprint density at radius 1 is 1.33 bits per heavy atom. The second-order valence-electron chi connectivity index (χ2n) is 6.26. The summed E-state index contributed by atoms with van der Waals surface area (Å²) in [4.78, 5) is 26.8. The lowest BCUT2D eigenvalue weighted by Gasteiger charge is -2.28. The number of phenols is 1. The number of carbonyl (C=O) groups is 2. The van der Waals surface area contributed by atoms with Crippen LogP contribution in [0.1, 0.15) is 13.3 Å². The third-order valence-electron chi connectivity index (χ3n) is 5.29. The largest absolute Gasteiger partial charge is 0.506 e. The molecule has 0 unspecified atom stereocenters. The molecule has 1 aromatic rings. The van der Waals surface area contributed by atoms with Crippen molar-refractivity contribution in [2.24, 2.45) is 23.2 Å². The van der Waals surface area contributed by atoms with E-state index < -0.39 is 5.41 Å². The Balaban J connectivity index is 1.85. The smallest absolute Gasteiger partial charge is 0.241 e. The average molecular weight is 304 g/mol. The number of hydrogen-bond donors (Lipinski definition) is 1. The van der Waals surface area contributed by atoms with E-state index in [1.54, 1.807) is 0 Å². The van der Waals surface area contributed by atoms with Gasteiger partial charge in [0.1, 0.15) is 5.75 Å². The summed E-state index contributed by atoms with van der Waals surface area (Å²) < 4.78 is 0. The number of imide groups is 1. The summed E-state index contributed by atoms with van der Waals surface area (Å²) in [5, 5.41) is 10.4. The zero-order chi connectivity index (χ0) is 14.9. The first-order chi connectivity index (χ1) is 9.94. The van der Waals surface area contributed by atoms with E-state index in [1.165, 1.54) is 18.2 Å². The van der Waals surface area contributed by atoms with E-state index >= 15 is 0 Å². The number of anilines is 1. The Morgan fingerprint density at radius 2 is 2.10 bits per heavy atom. The summed E-state index contributed by atoms with van der Waals surface area (Å²) in [5.41, 5.74) is -0.502. The van der Waals surface area contributed by atoms with Crippen LogP contribution >= 0.6 is 11.6 Å². The Bertz CT molecular complexity index is 713. The molecule has 2 fully saturated rings. The van der Waals surface area contributed by atoms with Crippen LogP contribution in [0.15, 0.2) is 30.4 Å². The molecule has 108 valence electrons. The lowest BCUT2D eigenvalue weighted by Crippen LogP contribution is -2.37. The molecule has 1 heterocycles. The summed E-state index contributed by atoms with van der Waals surface area (Å²) >= 11 is 5.94. The Kier molecular flexibility index (Phi) is 2.39. The standard InChI is InChI=1S/C16H14ClNO3/c1-16-9-3-2-8(6-9)13(16)14(20)18(15(16)21)11-7-10(17)4-5-12(11)19/h2-5,7-9,13,19H,6H2,1H3/t8-,9+,13+,16-/m0/s1. The molecule has 0 spiro atoms. The number of allylic oxidation sites excluding steroid dienone is 2. The van der Waals surface area contributed by atoms with Gasteiger partial charge in [0.25, 0.3) is 0 Å². The van der Waals surface area contributed by atoms with E-state index in [2.05, 4.69) is 0 Å². The van der Waals surface area contributed by atoms with Crippen LogP contribution in [0.4, 0.5) is 5.69 Å². The number of halogens is 1. The predicted molar refractivity (Wildman–Crippen MR) is 77.9 cm³/mol. The third kappa shape index (κ3) is 1.41. The lowest BCUT2D eigenvalue weighted by atomic mass is 9.71. The van der Waals surface area contributed by atoms with Crippen molar-refractivity contribution < 1.29 is 14.7 Å². The summed E-state index contributed by atoms with van der Waals surface area (Å²) in [6.45, 7) is 1.87. The molecule has 2 aliphatic carbocycles. The maximum Gasteiger partial charge on any atom is 0.241 e. The molecule has 21 heavy (non-hydrogen) atoms. The van der Waals surface area contributed by atoms with Crippen molar-refractivity contribution in [1.29, 1.82) is 0 Å². The molecule has 4 nitrogen and oxygen atoms in total. The van der Waals surface area contributed by atoms with Crippen LogP contribution < -0.4 is 4.90 Å². The minimum Gasteiger partial charge on any atom is -0.506 e. The fraction of sp³-hybridized carbons (Fsp3) is 0.375. The van der Waals surface area contributed by atoms with Gasteiger partial charge in [-0.05, 0) is 43.4 Å². The van der Waals surface area contributed by atoms with E-state index in [4.69, 9.17) is 11.6 Å². The van der Waals surface area contributed by atoms with Crippen molar-refractivity contribution in [3.05, 3.63) is 35.4 Å². The second kappa shape index (κ2) is 3.89. The number of hydrogen-bond acceptors (Lipinski definition) is 3. The molecule has 1 aromatic carbocycles. The highest BCUT2D eigenvalue weighted by molar-refractivity contribution is 6.32. The first kappa shape index (κ1) is 12.9. The molecule has 2 bridgehead atoms. The van der Waals surface area contributed by atoms with Gasteiger partial charge in [0.15, 0.2) is 0 Å². The van der Waals surface area contributed by atoms with Gasteiger partial charge < -0.3 is 5.11 Å². The number of phenolic OH excluding ortho intramolecular Hbond substituents is 1. The zero-order valence-corrected chi connectivity index (χ0v) is 12.2. The van der Waals surface area contributed by atoms with Crippen LogP contribution in [0.2, 0.25) is 5.02 Å². The molecule has 0 radical (unpaired) electrons. The maximum atomic E-state index is 12.9. The van der Waals surface area contributed by atoms with Crippen LogP contribution in [0, 0.1) is 23.2 Å². The zero-order valence-electron chi connectivity index (χ0n) is 11.4. The van der Waals surface area contributed by atoms with E-state index in [0.717, 1.165) is 11.3 Å². The van der Waals surface area contributed by atoms with Crippen molar-refractivity contribution >= 4 is 29.1 Å². The highest BCUT2D eigenvalue weighted by Gasteiger charge is 2.67. The number of nitrogens with zero attached hydrogens (tertiary/aromatic N) is 1. The number of aromatic hydroxyl groups is 1. The van der Waals surface area contributed by atoms with Gasteiger partial charge in [0.2, 0.25) is 11.8 Å². The normalized spacial score (nSPS) is 36.7. The quantitative estimate of drug-likeness (QED) is 0.641. The van der Waals surface area contributed by atoms with Crippen molar-refractivity contribution in [3.63, 3.8) is 0 Å². The average Bonchev–Trinajstić information content (AvgIpc) is 3.06. The van der Waals surface area contributed by atoms with Crippen LogP contribution in [-0.2, 0) is 9.59 Å². The van der Waals surface area contributed by atoms with Crippen LogP contribution in [0.5, 0.6) is 5.75 Å². The van der Waals surface area contributed by atoms with Gasteiger partial charge in [-0.1, -0.05) is 23.8 Å². The van der Waals surface area contributed by atoms with Crippen LogP contribution in [0.3, 0.4) is 0 Å². The van der Waals surface area contributed by atoms with E-state index in [9.17, 15) is 14.7 Å². The topological polar surface area (TPSA) is 57.6 Å². The molecule has 1 N–H and O–H groups in total. The SMILES string of the molecule is C[C@@]12C(=O)N(c3cc(Cl)ccc3O)C(=O)[C@H]1[C@H]1C=C[C@@H]2C1. The van der Waals surface area contributed by atoms with Crippen molar-refractivity contribution in [2.75, 3.05) is 4.90 Å². The Labute approximate surface area is 127 Å². The van der Waals surface area contributed by atoms with Gasteiger partial charge in [-0.25, -0.2) is 4.90 Å². The fourth-order valence-electron chi connectivity index (χ4n) is 4.21. The molecule has 1 saturated heterocycles. The second-order valence-corrected chi connectivity index (χ2v) is 6.70. The molecule has 4 atom stereocenters. The van der Waals surface area contributed by atoms with E-state index in [1.807, 2.05) is 19.1 Å². The highest BCUT2D eigenvalue weighted by atomic mass is 35.5. The van der Waals surface area contributed by atoms with Crippen molar-refractivity contribution in [3.8, 4) is 5.75 Å². The van der Waals surface area contributed by atoms with Gasteiger partial charge >= 0.3 is 0 Å². The maximum absolute atomic E-state index is 12.9. The summed E-state index contributed by atoms with van der Waals surface area (Å²) in [6.07, 6.45) is 4.96. The van der Waals surface area contributed by atoms with Gasteiger partial charge in [0, 0.05) is 5.02 Å². The van der Waals surface area contributed by atoms with Gasteiger partial charge in [-0.2, -0.15) is 0 Å². The Morgan fingerprint density at radius 3 is 2.81 bits per heavy atom. The number of carbonyl (C=O) groups excluding carboxylic acids is 2. The van der Waals surface area contributed by atoms with Crippen LogP contribution in [0.25, 0.3) is 0 Å². The summed E-state index contributed by atoms with van der Waals surface area (Å²) in [6, 6.07) is 4.40. The molecule has 5 heteroatoms. The molecule has 3 aliphatic rings. The van der Waals surface area contributed by atoms with Gasteiger partial charge in [-0.15, -0.1) is 0 Å². The van der Waals surface area contributed by atoms with E-state index in [0.29, 0.717) is 5.02 Å². The highest BCUT2D eigenvalue weighted by Crippen LogP contribution is 2.61. The van der Waals surface area contributed by atoms with Gasteiger partial charge in [-0.3, -0.25) is 9.59 Å². The molecule has 1 saturated carbocycles. The minimum atomic E-state index is -0.689. The number of rotatable bonds is 1. The van der Waals surface area contributed by atoms with Crippen molar-refractivity contribution in [1.82, 2.24) is 0 Å². The first-order valence-corrected chi connectivity index (χ1v) is 7.37. The van der Waals surface area contributed by atoms with E-state index in [-0.39, 0.29) is 41.0 Å². The number of benzene rings is 1. The molecule has 0 aromatic heterocycles. The van der Waals surface area contributed by atoms with Crippen molar-refractivity contribution in [2.45, 2.75) is 13.3 Å². The first-order valence-electron chi connectivity index (χ1n) is 7.00.